The second kappa shape index (κ2) is 5.08. The third-order valence-corrected chi connectivity index (χ3v) is 3.64. The first-order valence-electron chi connectivity index (χ1n) is 6.37. The topological polar surface area (TPSA) is 24.9 Å². The standard InChI is InChI=1S/C15H18BrFN2/c1-5-18-11-8-12(15(2,3)4)19-14-9(16)6-7-10(17)13(11)14/h6-8H,5H2,1-4H3,(H,18,19). The molecule has 1 heterocycles. The van der Waals surface area contributed by atoms with Crippen LogP contribution in [0.5, 0.6) is 0 Å². The van der Waals surface area contributed by atoms with E-state index in [1.807, 2.05) is 13.0 Å². The molecule has 1 N–H and O–H groups in total. The molecule has 19 heavy (non-hydrogen) atoms. The molecule has 2 rings (SSSR count). The second-order valence-corrected chi connectivity index (χ2v) is 6.44. The number of benzene rings is 1. The van der Waals surface area contributed by atoms with Crippen molar-refractivity contribution in [2.45, 2.75) is 33.1 Å². The highest BCUT2D eigenvalue weighted by Gasteiger charge is 2.20. The molecule has 0 spiro atoms. The number of fused-ring (bicyclic) bond motifs is 1. The molecule has 2 nitrogen and oxygen atoms in total. The third kappa shape index (κ3) is 2.73. The van der Waals surface area contributed by atoms with Crippen LogP contribution in [-0.4, -0.2) is 11.5 Å². The molecule has 0 aliphatic rings. The lowest BCUT2D eigenvalue weighted by atomic mass is 9.90. The van der Waals surface area contributed by atoms with Crippen LogP contribution in [0, 0.1) is 5.82 Å². The van der Waals surface area contributed by atoms with Gasteiger partial charge in [0.2, 0.25) is 0 Å². The minimum atomic E-state index is -0.248. The van der Waals surface area contributed by atoms with Gasteiger partial charge in [0.25, 0.3) is 0 Å². The zero-order valence-electron chi connectivity index (χ0n) is 11.6. The van der Waals surface area contributed by atoms with Crippen molar-refractivity contribution in [3.05, 3.63) is 34.2 Å². The van der Waals surface area contributed by atoms with Crippen molar-refractivity contribution in [2.75, 3.05) is 11.9 Å². The van der Waals surface area contributed by atoms with Crippen LogP contribution in [0.4, 0.5) is 10.1 Å². The molecule has 102 valence electrons. The van der Waals surface area contributed by atoms with E-state index in [4.69, 9.17) is 0 Å². The Balaban J connectivity index is 2.83. The van der Waals surface area contributed by atoms with Crippen LogP contribution in [0.2, 0.25) is 0 Å². The lowest BCUT2D eigenvalue weighted by Crippen LogP contribution is -2.15. The van der Waals surface area contributed by atoms with E-state index in [0.29, 0.717) is 10.9 Å². The summed E-state index contributed by atoms with van der Waals surface area (Å²) in [5.74, 6) is -0.248. The second-order valence-electron chi connectivity index (χ2n) is 5.59. The Morgan fingerprint density at radius 2 is 2.00 bits per heavy atom. The molecule has 1 aromatic carbocycles. The van der Waals surface area contributed by atoms with E-state index in [-0.39, 0.29) is 11.2 Å². The number of anilines is 1. The Labute approximate surface area is 121 Å². The number of rotatable bonds is 2. The van der Waals surface area contributed by atoms with Gasteiger partial charge in [0.1, 0.15) is 5.82 Å². The summed E-state index contributed by atoms with van der Waals surface area (Å²) >= 11 is 3.46. The van der Waals surface area contributed by atoms with Gasteiger partial charge in [-0.15, -0.1) is 0 Å². The molecule has 4 heteroatoms. The summed E-state index contributed by atoms with van der Waals surface area (Å²) in [6.07, 6.45) is 0. The fraction of sp³-hybridized carbons (Fsp3) is 0.400. The lowest BCUT2D eigenvalue weighted by Gasteiger charge is -2.21. The molecule has 2 aromatic rings. The van der Waals surface area contributed by atoms with E-state index in [1.54, 1.807) is 6.07 Å². The molecular formula is C15H18BrFN2. The highest BCUT2D eigenvalue weighted by atomic mass is 79.9. The van der Waals surface area contributed by atoms with Gasteiger partial charge in [0.15, 0.2) is 0 Å². The molecule has 0 saturated carbocycles. The van der Waals surface area contributed by atoms with Gasteiger partial charge in [-0.3, -0.25) is 4.98 Å². The van der Waals surface area contributed by atoms with Gasteiger partial charge in [-0.05, 0) is 41.1 Å². The Morgan fingerprint density at radius 3 is 2.58 bits per heavy atom. The molecule has 0 fully saturated rings. The summed E-state index contributed by atoms with van der Waals surface area (Å²) < 4.78 is 14.9. The average Bonchev–Trinajstić information content (AvgIpc) is 2.33. The Bertz CT molecular complexity index is 618. The minimum absolute atomic E-state index is 0.0792. The Kier molecular flexibility index (Phi) is 3.81. The Morgan fingerprint density at radius 1 is 1.32 bits per heavy atom. The van der Waals surface area contributed by atoms with E-state index in [0.717, 1.165) is 22.4 Å². The van der Waals surface area contributed by atoms with Crippen LogP contribution in [-0.2, 0) is 5.41 Å². The molecule has 0 saturated heterocycles. The molecule has 1 aromatic heterocycles. The summed E-state index contributed by atoms with van der Waals surface area (Å²) in [4.78, 5) is 4.62. The van der Waals surface area contributed by atoms with E-state index >= 15 is 0 Å². The summed E-state index contributed by atoms with van der Waals surface area (Å²) in [7, 11) is 0. The normalized spacial score (nSPS) is 11.9. The smallest absolute Gasteiger partial charge is 0.134 e. The molecule has 0 amide bonds. The van der Waals surface area contributed by atoms with Crippen LogP contribution < -0.4 is 5.32 Å². The van der Waals surface area contributed by atoms with Crippen molar-refractivity contribution >= 4 is 32.5 Å². The molecule has 0 unspecified atom stereocenters. The van der Waals surface area contributed by atoms with Crippen molar-refractivity contribution < 1.29 is 4.39 Å². The van der Waals surface area contributed by atoms with Crippen LogP contribution in [0.15, 0.2) is 22.7 Å². The quantitative estimate of drug-likeness (QED) is 0.852. The van der Waals surface area contributed by atoms with Gasteiger partial charge in [0, 0.05) is 27.8 Å². The Hall–Kier alpha value is -1.16. The minimum Gasteiger partial charge on any atom is -0.385 e. The zero-order valence-corrected chi connectivity index (χ0v) is 13.2. The monoisotopic (exact) mass is 324 g/mol. The van der Waals surface area contributed by atoms with Gasteiger partial charge in [-0.25, -0.2) is 4.39 Å². The van der Waals surface area contributed by atoms with E-state index in [9.17, 15) is 4.39 Å². The van der Waals surface area contributed by atoms with E-state index in [1.165, 1.54) is 6.07 Å². The van der Waals surface area contributed by atoms with Crippen molar-refractivity contribution in [3.63, 3.8) is 0 Å². The van der Waals surface area contributed by atoms with E-state index < -0.39 is 0 Å². The first kappa shape index (κ1) is 14.3. The predicted molar refractivity (Wildman–Crippen MR) is 82.3 cm³/mol. The molecule has 0 bridgehead atoms. The maximum atomic E-state index is 14.1. The number of hydrogen-bond donors (Lipinski definition) is 1. The zero-order chi connectivity index (χ0) is 14.2. The predicted octanol–water partition coefficient (Wildman–Crippen LogP) is 4.87. The number of nitrogens with one attached hydrogen (secondary N) is 1. The number of aromatic nitrogens is 1. The van der Waals surface area contributed by atoms with Crippen molar-refractivity contribution in [1.82, 2.24) is 4.98 Å². The van der Waals surface area contributed by atoms with E-state index in [2.05, 4.69) is 47.0 Å². The first-order chi connectivity index (χ1) is 8.84. The number of pyridine rings is 1. The summed E-state index contributed by atoms with van der Waals surface area (Å²) in [6.45, 7) is 9.05. The van der Waals surface area contributed by atoms with Crippen molar-refractivity contribution in [1.29, 1.82) is 0 Å². The van der Waals surface area contributed by atoms with Crippen LogP contribution in [0.3, 0.4) is 0 Å². The average molecular weight is 325 g/mol. The maximum Gasteiger partial charge on any atom is 0.134 e. The first-order valence-corrected chi connectivity index (χ1v) is 7.17. The van der Waals surface area contributed by atoms with Crippen LogP contribution in [0.1, 0.15) is 33.4 Å². The molecule has 0 aliphatic carbocycles. The maximum absolute atomic E-state index is 14.1. The fourth-order valence-electron chi connectivity index (χ4n) is 1.98. The van der Waals surface area contributed by atoms with Crippen molar-refractivity contribution in [3.8, 4) is 0 Å². The summed E-state index contributed by atoms with van der Waals surface area (Å²) in [5, 5.41) is 3.78. The number of halogens is 2. The SMILES string of the molecule is CCNc1cc(C(C)(C)C)nc2c(Br)ccc(F)c12. The van der Waals surface area contributed by atoms with Gasteiger partial charge < -0.3 is 5.32 Å². The number of hydrogen-bond acceptors (Lipinski definition) is 2. The van der Waals surface area contributed by atoms with Gasteiger partial charge in [0.05, 0.1) is 10.9 Å². The van der Waals surface area contributed by atoms with Crippen LogP contribution in [0.25, 0.3) is 10.9 Å². The van der Waals surface area contributed by atoms with Gasteiger partial charge >= 0.3 is 0 Å². The third-order valence-electron chi connectivity index (χ3n) is 3.00. The fourth-order valence-corrected chi connectivity index (χ4v) is 2.40. The molecule has 0 atom stereocenters. The highest BCUT2D eigenvalue weighted by molar-refractivity contribution is 9.10. The van der Waals surface area contributed by atoms with Gasteiger partial charge in [-0.1, -0.05) is 20.8 Å². The summed E-state index contributed by atoms with van der Waals surface area (Å²) in [5.41, 5.74) is 2.34. The van der Waals surface area contributed by atoms with Gasteiger partial charge in [-0.2, -0.15) is 0 Å². The summed E-state index contributed by atoms with van der Waals surface area (Å²) in [6, 6.07) is 5.11. The molecule has 0 radical (unpaired) electrons. The van der Waals surface area contributed by atoms with Crippen molar-refractivity contribution in [2.24, 2.45) is 0 Å². The molecule has 0 aliphatic heterocycles. The number of nitrogens with zero attached hydrogens (tertiary/aromatic N) is 1. The highest BCUT2D eigenvalue weighted by Crippen LogP contribution is 2.34. The molecular weight excluding hydrogens is 307 g/mol. The largest absolute Gasteiger partial charge is 0.385 e. The van der Waals surface area contributed by atoms with Crippen LogP contribution >= 0.6 is 15.9 Å². The lowest BCUT2D eigenvalue weighted by molar-refractivity contribution is 0.571.